The van der Waals surface area contributed by atoms with Crippen LogP contribution in [0.1, 0.15) is 15.9 Å². The first-order valence-corrected chi connectivity index (χ1v) is 6.24. The number of carbonyl (C=O) groups is 1. The maximum absolute atomic E-state index is 12.3. The van der Waals surface area contributed by atoms with Crippen molar-refractivity contribution in [1.82, 2.24) is 9.78 Å². The molecule has 4 nitrogen and oxygen atoms in total. The first-order chi connectivity index (χ1) is 9.74. The molecule has 4 heteroatoms. The molecule has 3 aromatic rings. The third-order valence-corrected chi connectivity index (χ3v) is 3.01. The highest BCUT2D eigenvalue weighted by Crippen LogP contribution is 2.14. The van der Waals surface area contributed by atoms with Crippen molar-refractivity contribution in [3.8, 4) is 5.69 Å². The van der Waals surface area contributed by atoms with Crippen molar-refractivity contribution in [3.63, 3.8) is 0 Å². The van der Waals surface area contributed by atoms with Gasteiger partial charge in [-0.25, -0.2) is 4.68 Å². The van der Waals surface area contributed by atoms with Gasteiger partial charge in [0.05, 0.1) is 17.4 Å². The van der Waals surface area contributed by atoms with Gasteiger partial charge in [-0.2, -0.15) is 5.10 Å². The van der Waals surface area contributed by atoms with E-state index in [9.17, 15) is 4.79 Å². The second-order valence-corrected chi connectivity index (χ2v) is 4.46. The summed E-state index contributed by atoms with van der Waals surface area (Å²) in [6.45, 7) is 0. The standard InChI is InChI=1S/C16H13N3O/c17-14-6-4-5-12(9-14)16(20)13-10-18-19(11-13)15-7-2-1-3-8-15/h1-11H,17H2. The summed E-state index contributed by atoms with van der Waals surface area (Å²) < 4.78 is 1.68. The SMILES string of the molecule is Nc1cccc(C(=O)c2cnn(-c3ccccc3)c2)c1. The number of benzene rings is 2. The summed E-state index contributed by atoms with van der Waals surface area (Å²) in [4.78, 5) is 12.3. The molecule has 0 atom stereocenters. The summed E-state index contributed by atoms with van der Waals surface area (Å²) in [7, 11) is 0. The van der Waals surface area contributed by atoms with E-state index in [1.54, 1.807) is 41.3 Å². The number of nitrogen functional groups attached to an aromatic ring is 1. The molecule has 3 rings (SSSR count). The highest BCUT2D eigenvalue weighted by molar-refractivity contribution is 6.09. The highest BCUT2D eigenvalue weighted by Gasteiger charge is 2.12. The summed E-state index contributed by atoms with van der Waals surface area (Å²) in [6, 6.07) is 16.6. The van der Waals surface area contributed by atoms with E-state index in [1.165, 1.54) is 0 Å². The van der Waals surface area contributed by atoms with Gasteiger partial charge in [0.25, 0.3) is 0 Å². The van der Waals surface area contributed by atoms with Crippen LogP contribution in [0.3, 0.4) is 0 Å². The lowest BCUT2D eigenvalue weighted by atomic mass is 10.1. The van der Waals surface area contributed by atoms with Gasteiger partial charge in [-0.3, -0.25) is 4.79 Å². The van der Waals surface area contributed by atoms with Gasteiger partial charge < -0.3 is 5.73 Å². The van der Waals surface area contributed by atoms with Gasteiger partial charge in [-0.1, -0.05) is 30.3 Å². The van der Waals surface area contributed by atoms with Gasteiger partial charge in [-0.05, 0) is 24.3 Å². The minimum absolute atomic E-state index is 0.0838. The van der Waals surface area contributed by atoms with E-state index in [4.69, 9.17) is 5.73 Å². The van der Waals surface area contributed by atoms with E-state index < -0.39 is 0 Å². The average molecular weight is 263 g/mol. The fraction of sp³-hybridized carbons (Fsp3) is 0. The van der Waals surface area contributed by atoms with E-state index in [0.29, 0.717) is 16.8 Å². The number of hydrogen-bond donors (Lipinski definition) is 1. The zero-order valence-electron chi connectivity index (χ0n) is 10.7. The van der Waals surface area contributed by atoms with Crippen molar-refractivity contribution in [3.05, 3.63) is 78.1 Å². The minimum atomic E-state index is -0.0838. The van der Waals surface area contributed by atoms with Crippen LogP contribution in [0, 0.1) is 0 Å². The summed E-state index contributed by atoms with van der Waals surface area (Å²) in [5, 5.41) is 4.22. The molecule has 0 fully saturated rings. The third kappa shape index (κ3) is 2.31. The Morgan fingerprint density at radius 2 is 1.80 bits per heavy atom. The molecule has 0 radical (unpaired) electrons. The van der Waals surface area contributed by atoms with Crippen LogP contribution in [-0.4, -0.2) is 15.6 Å². The molecular weight excluding hydrogens is 250 g/mol. The Balaban J connectivity index is 1.93. The van der Waals surface area contributed by atoms with E-state index >= 15 is 0 Å². The van der Waals surface area contributed by atoms with Crippen LogP contribution in [0.25, 0.3) is 5.69 Å². The minimum Gasteiger partial charge on any atom is -0.399 e. The molecule has 20 heavy (non-hydrogen) atoms. The monoisotopic (exact) mass is 263 g/mol. The Bertz CT molecular complexity index is 747. The largest absolute Gasteiger partial charge is 0.399 e. The Kier molecular flexibility index (Phi) is 3.05. The summed E-state index contributed by atoms with van der Waals surface area (Å²) in [5.41, 5.74) is 8.30. The Hall–Kier alpha value is -2.88. The number of ketones is 1. The number of rotatable bonds is 3. The first kappa shape index (κ1) is 12.2. The van der Waals surface area contributed by atoms with Crippen LogP contribution >= 0.6 is 0 Å². The predicted molar refractivity (Wildman–Crippen MR) is 77.9 cm³/mol. The smallest absolute Gasteiger partial charge is 0.196 e. The normalized spacial score (nSPS) is 10.4. The molecule has 98 valence electrons. The number of aromatic nitrogens is 2. The Labute approximate surface area is 116 Å². The third-order valence-electron chi connectivity index (χ3n) is 3.01. The van der Waals surface area contributed by atoms with Gasteiger partial charge in [-0.15, -0.1) is 0 Å². The first-order valence-electron chi connectivity index (χ1n) is 6.24. The number of nitrogens with two attached hydrogens (primary N) is 1. The van der Waals surface area contributed by atoms with E-state index in [0.717, 1.165) is 5.69 Å². The van der Waals surface area contributed by atoms with Gasteiger partial charge in [0.1, 0.15) is 0 Å². The lowest BCUT2D eigenvalue weighted by Crippen LogP contribution is -2.01. The number of carbonyl (C=O) groups excluding carboxylic acids is 1. The molecule has 0 spiro atoms. The molecule has 0 aliphatic heterocycles. The summed E-state index contributed by atoms with van der Waals surface area (Å²) in [5.74, 6) is -0.0838. The van der Waals surface area contributed by atoms with Gasteiger partial charge >= 0.3 is 0 Å². The lowest BCUT2D eigenvalue weighted by molar-refractivity contribution is 0.103. The van der Waals surface area contributed by atoms with Crippen LogP contribution < -0.4 is 5.73 Å². The van der Waals surface area contributed by atoms with Crippen molar-refractivity contribution >= 4 is 11.5 Å². The molecule has 0 unspecified atom stereocenters. The summed E-state index contributed by atoms with van der Waals surface area (Å²) in [6.07, 6.45) is 3.29. The molecule has 0 saturated carbocycles. The fourth-order valence-electron chi connectivity index (χ4n) is 2.01. The van der Waals surface area contributed by atoms with E-state index in [-0.39, 0.29) is 5.78 Å². The van der Waals surface area contributed by atoms with E-state index in [2.05, 4.69) is 5.10 Å². The highest BCUT2D eigenvalue weighted by atomic mass is 16.1. The molecule has 1 heterocycles. The topological polar surface area (TPSA) is 60.9 Å². The van der Waals surface area contributed by atoms with Crippen LogP contribution in [0.2, 0.25) is 0 Å². The zero-order chi connectivity index (χ0) is 13.9. The molecule has 0 bridgehead atoms. The fourth-order valence-corrected chi connectivity index (χ4v) is 2.01. The quantitative estimate of drug-likeness (QED) is 0.583. The van der Waals surface area contributed by atoms with Crippen molar-refractivity contribution in [2.75, 3.05) is 5.73 Å². The number of para-hydroxylation sites is 1. The van der Waals surface area contributed by atoms with Crippen molar-refractivity contribution in [2.24, 2.45) is 0 Å². The number of nitrogens with zero attached hydrogens (tertiary/aromatic N) is 2. The molecular formula is C16H13N3O. The maximum Gasteiger partial charge on any atom is 0.196 e. The van der Waals surface area contributed by atoms with Crippen LogP contribution in [0.5, 0.6) is 0 Å². The molecule has 1 aromatic heterocycles. The van der Waals surface area contributed by atoms with Crippen LogP contribution in [-0.2, 0) is 0 Å². The molecule has 0 saturated heterocycles. The molecule has 2 aromatic carbocycles. The average Bonchev–Trinajstić information content (AvgIpc) is 2.97. The molecule has 0 aliphatic rings. The zero-order valence-corrected chi connectivity index (χ0v) is 10.7. The molecule has 0 aliphatic carbocycles. The Morgan fingerprint density at radius 1 is 1.00 bits per heavy atom. The lowest BCUT2D eigenvalue weighted by Gasteiger charge is -2.00. The van der Waals surface area contributed by atoms with E-state index in [1.807, 2.05) is 30.3 Å². The van der Waals surface area contributed by atoms with Crippen molar-refractivity contribution in [2.45, 2.75) is 0 Å². The molecule has 0 amide bonds. The van der Waals surface area contributed by atoms with Gasteiger partial charge in [0.15, 0.2) is 5.78 Å². The van der Waals surface area contributed by atoms with Crippen molar-refractivity contribution < 1.29 is 4.79 Å². The second kappa shape index (κ2) is 5.01. The van der Waals surface area contributed by atoms with Crippen LogP contribution in [0.15, 0.2) is 67.0 Å². The number of anilines is 1. The van der Waals surface area contributed by atoms with Crippen LogP contribution in [0.4, 0.5) is 5.69 Å². The van der Waals surface area contributed by atoms with Crippen molar-refractivity contribution in [1.29, 1.82) is 0 Å². The number of hydrogen-bond acceptors (Lipinski definition) is 3. The Morgan fingerprint density at radius 3 is 2.55 bits per heavy atom. The summed E-state index contributed by atoms with van der Waals surface area (Å²) >= 11 is 0. The van der Waals surface area contributed by atoms with Gasteiger partial charge in [0.2, 0.25) is 0 Å². The predicted octanol–water partition coefficient (Wildman–Crippen LogP) is 2.69. The maximum atomic E-state index is 12.3. The second-order valence-electron chi connectivity index (χ2n) is 4.46. The van der Waals surface area contributed by atoms with Gasteiger partial charge in [0, 0.05) is 17.4 Å². The molecule has 2 N–H and O–H groups in total.